The standard InChI is InChI=1S/C21H18N2O5/c1-3-21(26)14-8-16-18-11(7-12-15(22-18)5-4-6-17(12)27-2)9-23(16)19(24)13(14)10-28-20(21)25/h4-8,26H,3,9-10H2,1-2H3. The highest BCUT2D eigenvalue weighted by Gasteiger charge is 2.45. The molecule has 2 aliphatic rings. The minimum absolute atomic E-state index is 0.122. The fourth-order valence-corrected chi connectivity index (χ4v) is 4.15. The molecular formula is C21H18N2O5. The summed E-state index contributed by atoms with van der Waals surface area (Å²) in [7, 11) is 1.61. The Bertz CT molecular complexity index is 1230. The summed E-state index contributed by atoms with van der Waals surface area (Å²) < 4.78 is 12.1. The molecule has 0 fully saturated rings. The van der Waals surface area contributed by atoms with Crippen molar-refractivity contribution in [3.63, 3.8) is 0 Å². The van der Waals surface area contributed by atoms with E-state index in [1.165, 1.54) is 0 Å². The number of aliphatic hydroxyl groups is 1. The lowest BCUT2D eigenvalue weighted by molar-refractivity contribution is -0.172. The summed E-state index contributed by atoms with van der Waals surface area (Å²) in [5.74, 6) is -0.00368. The summed E-state index contributed by atoms with van der Waals surface area (Å²) >= 11 is 0. The molecule has 2 aliphatic heterocycles. The first-order chi connectivity index (χ1) is 13.5. The van der Waals surface area contributed by atoms with Crippen LogP contribution in [0.25, 0.3) is 22.3 Å². The van der Waals surface area contributed by atoms with Crippen LogP contribution in [0.1, 0.15) is 30.0 Å². The molecule has 0 saturated carbocycles. The van der Waals surface area contributed by atoms with E-state index >= 15 is 0 Å². The number of esters is 1. The van der Waals surface area contributed by atoms with E-state index in [0.29, 0.717) is 29.1 Å². The van der Waals surface area contributed by atoms with Gasteiger partial charge in [-0.2, -0.15) is 0 Å². The summed E-state index contributed by atoms with van der Waals surface area (Å²) in [6.45, 7) is 1.93. The van der Waals surface area contributed by atoms with Gasteiger partial charge in [-0.3, -0.25) is 4.79 Å². The van der Waals surface area contributed by atoms with Crippen molar-refractivity contribution in [1.82, 2.24) is 9.55 Å². The van der Waals surface area contributed by atoms with E-state index in [-0.39, 0.29) is 18.6 Å². The Morgan fingerprint density at radius 3 is 2.89 bits per heavy atom. The number of hydrogen-bond acceptors (Lipinski definition) is 6. The molecule has 7 heteroatoms. The maximum absolute atomic E-state index is 13.1. The molecular weight excluding hydrogens is 360 g/mol. The van der Waals surface area contributed by atoms with Crippen LogP contribution in [0.4, 0.5) is 0 Å². The predicted molar refractivity (Wildman–Crippen MR) is 101 cm³/mol. The molecule has 0 aliphatic carbocycles. The van der Waals surface area contributed by atoms with Gasteiger partial charge in [-0.15, -0.1) is 0 Å². The Labute approximate surface area is 160 Å². The number of rotatable bonds is 2. The number of aromatic nitrogens is 2. The highest BCUT2D eigenvalue weighted by Crippen LogP contribution is 2.39. The van der Waals surface area contributed by atoms with Crippen molar-refractivity contribution in [1.29, 1.82) is 0 Å². The van der Waals surface area contributed by atoms with Crippen molar-refractivity contribution in [2.45, 2.75) is 32.1 Å². The summed E-state index contributed by atoms with van der Waals surface area (Å²) in [5, 5.41) is 11.8. The first kappa shape index (κ1) is 16.9. The molecule has 1 atom stereocenters. The van der Waals surface area contributed by atoms with Gasteiger partial charge in [-0.05, 0) is 30.7 Å². The number of cyclic esters (lactones) is 1. The van der Waals surface area contributed by atoms with Gasteiger partial charge < -0.3 is 19.1 Å². The Kier molecular flexibility index (Phi) is 3.42. The van der Waals surface area contributed by atoms with Gasteiger partial charge in [0.05, 0.1) is 36.1 Å². The van der Waals surface area contributed by atoms with Gasteiger partial charge in [-0.1, -0.05) is 13.0 Å². The molecule has 1 unspecified atom stereocenters. The van der Waals surface area contributed by atoms with Gasteiger partial charge in [0.2, 0.25) is 0 Å². The maximum Gasteiger partial charge on any atom is 0.343 e. The number of ether oxygens (including phenoxy) is 2. The molecule has 0 saturated heterocycles. The molecule has 4 heterocycles. The zero-order valence-electron chi connectivity index (χ0n) is 15.5. The quantitative estimate of drug-likeness (QED) is 0.537. The van der Waals surface area contributed by atoms with Crippen molar-refractivity contribution < 1.29 is 19.4 Å². The average Bonchev–Trinajstić information content (AvgIpc) is 3.07. The van der Waals surface area contributed by atoms with Crippen LogP contribution in [-0.4, -0.2) is 27.7 Å². The van der Waals surface area contributed by atoms with Crippen molar-refractivity contribution in [2.75, 3.05) is 7.11 Å². The predicted octanol–water partition coefficient (Wildman–Crippen LogP) is 2.09. The van der Waals surface area contributed by atoms with E-state index < -0.39 is 11.6 Å². The highest BCUT2D eigenvalue weighted by molar-refractivity contribution is 5.89. The van der Waals surface area contributed by atoms with Crippen molar-refractivity contribution in [3.05, 3.63) is 57.4 Å². The normalized spacial score (nSPS) is 19.8. The summed E-state index contributed by atoms with van der Waals surface area (Å²) in [6, 6.07) is 9.31. The Morgan fingerprint density at radius 2 is 2.14 bits per heavy atom. The summed E-state index contributed by atoms with van der Waals surface area (Å²) in [5.41, 5.74) is 1.49. The lowest BCUT2D eigenvalue weighted by atomic mass is 9.86. The zero-order valence-corrected chi connectivity index (χ0v) is 15.5. The number of carbonyl (C=O) groups excluding carboxylic acids is 1. The number of carbonyl (C=O) groups is 1. The van der Waals surface area contributed by atoms with Gasteiger partial charge in [0, 0.05) is 16.5 Å². The van der Waals surface area contributed by atoms with Crippen LogP contribution in [0.3, 0.4) is 0 Å². The second-order valence-electron chi connectivity index (χ2n) is 7.13. The lowest BCUT2D eigenvalue weighted by Gasteiger charge is -2.31. The van der Waals surface area contributed by atoms with E-state index in [9.17, 15) is 14.7 Å². The third-order valence-electron chi connectivity index (χ3n) is 5.73. The molecule has 5 rings (SSSR count). The number of nitrogens with zero attached hydrogens (tertiary/aromatic N) is 2. The minimum Gasteiger partial charge on any atom is -0.496 e. The number of methoxy groups -OCH3 is 1. The Morgan fingerprint density at radius 1 is 1.32 bits per heavy atom. The molecule has 2 aromatic heterocycles. The monoisotopic (exact) mass is 378 g/mol. The van der Waals surface area contributed by atoms with Gasteiger partial charge in [-0.25, -0.2) is 9.78 Å². The molecule has 0 amide bonds. The first-order valence-corrected chi connectivity index (χ1v) is 9.11. The van der Waals surface area contributed by atoms with Crippen LogP contribution in [0.15, 0.2) is 35.1 Å². The SMILES string of the molecule is CCC1(O)C(=O)OCc2c1cc1n(c2=O)Cc2cc3c(OC)cccc3nc2-1. The van der Waals surface area contributed by atoms with Gasteiger partial charge in [0.25, 0.3) is 5.56 Å². The third kappa shape index (κ3) is 2.05. The molecule has 28 heavy (non-hydrogen) atoms. The molecule has 0 radical (unpaired) electrons. The fraction of sp³-hybridized carbons (Fsp3) is 0.286. The molecule has 7 nitrogen and oxygen atoms in total. The van der Waals surface area contributed by atoms with E-state index in [1.807, 2.05) is 24.3 Å². The zero-order chi connectivity index (χ0) is 19.6. The van der Waals surface area contributed by atoms with Crippen molar-refractivity contribution >= 4 is 16.9 Å². The second-order valence-corrected chi connectivity index (χ2v) is 7.13. The van der Waals surface area contributed by atoms with Crippen LogP contribution < -0.4 is 10.3 Å². The summed E-state index contributed by atoms with van der Waals surface area (Å²) in [4.78, 5) is 30.1. The molecule has 0 spiro atoms. The van der Waals surface area contributed by atoms with Gasteiger partial charge in [0.1, 0.15) is 12.4 Å². The van der Waals surface area contributed by atoms with E-state index in [2.05, 4.69) is 0 Å². The maximum atomic E-state index is 13.1. The summed E-state index contributed by atoms with van der Waals surface area (Å²) in [6.07, 6.45) is 0.122. The third-order valence-corrected chi connectivity index (χ3v) is 5.73. The van der Waals surface area contributed by atoms with Crippen LogP contribution in [0, 0.1) is 0 Å². The smallest absolute Gasteiger partial charge is 0.343 e. The number of pyridine rings is 2. The molecule has 142 valence electrons. The van der Waals surface area contributed by atoms with E-state index in [1.54, 1.807) is 24.7 Å². The van der Waals surface area contributed by atoms with Crippen LogP contribution in [0.2, 0.25) is 0 Å². The lowest BCUT2D eigenvalue weighted by Crippen LogP contribution is -2.44. The molecule has 1 N–H and O–H groups in total. The second kappa shape index (κ2) is 5.65. The molecule has 0 bridgehead atoms. The average molecular weight is 378 g/mol. The number of benzene rings is 1. The van der Waals surface area contributed by atoms with Gasteiger partial charge >= 0.3 is 5.97 Å². The van der Waals surface area contributed by atoms with Crippen LogP contribution in [0.5, 0.6) is 5.75 Å². The first-order valence-electron chi connectivity index (χ1n) is 9.11. The largest absolute Gasteiger partial charge is 0.496 e. The topological polar surface area (TPSA) is 90.7 Å². The van der Waals surface area contributed by atoms with Crippen LogP contribution in [-0.2, 0) is 28.3 Å². The van der Waals surface area contributed by atoms with E-state index in [4.69, 9.17) is 14.5 Å². The number of fused-ring (bicyclic) bond motifs is 5. The van der Waals surface area contributed by atoms with Gasteiger partial charge in [0.15, 0.2) is 5.60 Å². The Hall–Kier alpha value is -3.19. The number of hydrogen-bond donors (Lipinski definition) is 1. The Balaban J connectivity index is 1.79. The minimum atomic E-state index is -1.81. The van der Waals surface area contributed by atoms with E-state index in [0.717, 1.165) is 22.2 Å². The molecule has 3 aromatic rings. The fourth-order valence-electron chi connectivity index (χ4n) is 4.15. The van der Waals surface area contributed by atoms with Crippen molar-refractivity contribution in [3.8, 4) is 17.1 Å². The highest BCUT2D eigenvalue weighted by atomic mass is 16.6. The van der Waals surface area contributed by atoms with Crippen LogP contribution >= 0.6 is 0 Å². The van der Waals surface area contributed by atoms with Crippen molar-refractivity contribution in [2.24, 2.45) is 0 Å². The molecule has 1 aromatic carbocycles.